The summed E-state index contributed by atoms with van der Waals surface area (Å²) in [7, 11) is 0. The van der Waals surface area contributed by atoms with Crippen LogP contribution in [0.5, 0.6) is 0 Å². The average Bonchev–Trinajstić information content (AvgIpc) is 3.02. The number of carboxylic acid groups (broad SMARTS) is 1. The maximum atomic E-state index is 12.6. The predicted molar refractivity (Wildman–Crippen MR) is 87.8 cm³/mol. The van der Waals surface area contributed by atoms with Gasteiger partial charge >= 0.3 is 12.1 Å². The second-order valence-corrected chi connectivity index (χ2v) is 6.94. The van der Waals surface area contributed by atoms with Crippen molar-refractivity contribution < 1.29 is 28.9 Å². The largest absolute Gasteiger partial charge is 0.480 e. The zero-order valence-electron chi connectivity index (χ0n) is 14.6. The van der Waals surface area contributed by atoms with Crippen LogP contribution in [0.3, 0.4) is 0 Å². The maximum Gasteiger partial charge on any atom is 0.411 e. The van der Waals surface area contributed by atoms with Crippen molar-refractivity contribution in [1.82, 2.24) is 4.90 Å². The van der Waals surface area contributed by atoms with Gasteiger partial charge in [0, 0.05) is 6.42 Å². The summed E-state index contributed by atoms with van der Waals surface area (Å²) in [5.41, 5.74) is -0.616. The van der Waals surface area contributed by atoms with Crippen LogP contribution in [-0.2, 0) is 25.6 Å². The molecule has 1 aromatic carbocycles. The fourth-order valence-corrected chi connectivity index (χ4v) is 3.40. The number of ether oxygens (including phenoxy) is 3. The van der Waals surface area contributed by atoms with Gasteiger partial charge in [0.1, 0.15) is 12.1 Å². The molecule has 0 radical (unpaired) electrons. The van der Waals surface area contributed by atoms with Gasteiger partial charge in [0.2, 0.25) is 0 Å². The molecule has 2 heterocycles. The van der Waals surface area contributed by atoms with Gasteiger partial charge in [-0.3, -0.25) is 4.90 Å². The first-order chi connectivity index (χ1) is 11.8. The van der Waals surface area contributed by atoms with Gasteiger partial charge in [-0.25, -0.2) is 9.59 Å². The second-order valence-electron chi connectivity index (χ2n) is 6.94. The van der Waals surface area contributed by atoms with E-state index in [-0.39, 0.29) is 31.8 Å². The number of likely N-dealkylation sites (tertiary alicyclic amines) is 1. The van der Waals surface area contributed by atoms with E-state index in [4.69, 9.17) is 14.2 Å². The van der Waals surface area contributed by atoms with Crippen LogP contribution in [0.1, 0.15) is 32.8 Å². The Bertz CT molecular complexity index is 653. The number of rotatable bonds is 3. The monoisotopic (exact) mass is 349 g/mol. The van der Waals surface area contributed by atoms with Gasteiger partial charge in [0.25, 0.3) is 0 Å². The van der Waals surface area contributed by atoms with Crippen LogP contribution >= 0.6 is 0 Å². The quantitative estimate of drug-likeness (QED) is 0.902. The number of carboxylic acids is 1. The average molecular weight is 349 g/mol. The minimum Gasteiger partial charge on any atom is -0.480 e. The van der Waals surface area contributed by atoms with Crippen molar-refractivity contribution in [3.8, 4) is 0 Å². The number of hydrogen-bond acceptors (Lipinski definition) is 5. The number of carbonyl (C=O) groups excluding carboxylic acids is 1. The van der Waals surface area contributed by atoms with E-state index in [2.05, 4.69) is 0 Å². The topological polar surface area (TPSA) is 85.3 Å². The highest BCUT2D eigenvalue weighted by Crippen LogP contribution is 2.44. The molecule has 25 heavy (non-hydrogen) atoms. The molecule has 2 fully saturated rings. The third-order valence-electron chi connectivity index (χ3n) is 4.96. The van der Waals surface area contributed by atoms with Crippen molar-refractivity contribution >= 4 is 12.1 Å². The summed E-state index contributed by atoms with van der Waals surface area (Å²) >= 11 is 0. The molecule has 7 nitrogen and oxygen atoms in total. The molecule has 0 bridgehead atoms. The molecule has 3 rings (SSSR count). The van der Waals surface area contributed by atoms with Crippen LogP contribution in [0.15, 0.2) is 30.3 Å². The molecule has 2 aliphatic heterocycles. The lowest BCUT2D eigenvalue weighted by molar-refractivity contribution is -0.166. The van der Waals surface area contributed by atoms with Crippen LogP contribution < -0.4 is 0 Å². The Labute approximate surface area is 146 Å². The van der Waals surface area contributed by atoms with Gasteiger partial charge in [-0.05, 0) is 26.3 Å². The first-order valence-electron chi connectivity index (χ1n) is 8.33. The number of benzene rings is 1. The molecular weight excluding hydrogens is 326 g/mol. The number of aliphatic carboxylic acids is 1. The Morgan fingerprint density at radius 2 is 1.84 bits per heavy atom. The number of hydrogen-bond donors (Lipinski definition) is 1. The molecule has 2 saturated heterocycles. The Morgan fingerprint density at radius 1 is 1.24 bits per heavy atom. The zero-order chi connectivity index (χ0) is 18.2. The standard InChI is InChI=1S/C18H23NO6/c1-12-13(2)25-18(24-12)10-17(3,15(20)21)19(11-18)16(22)23-9-14-7-5-4-6-8-14/h4-8,12-13H,9-11H2,1-3H3,(H,20,21)/t12-,13-,17-/m0/s1. The summed E-state index contributed by atoms with van der Waals surface area (Å²) < 4.78 is 17.1. The Hall–Kier alpha value is -2.12. The summed E-state index contributed by atoms with van der Waals surface area (Å²) in [5.74, 6) is -2.21. The summed E-state index contributed by atoms with van der Waals surface area (Å²) in [6.45, 7) is 5.33. The minimum atomic E-state index is -1.45. The van der Waals surface area contributed by atoms with Crippen LogP contribution in [0, 0.1) is 0 Å². The van der Waals surface area contributed by atoms with Gasteiger partial charge in [-0.1, -0.05) is 30.3 Å². The molecule has 0 aliphatic carbocycles. The second kappa shape index (κ2) is 6.31. The minimum absolute atomic E-state index is 0.0259. The first kappa shape index (κ1) is 17.7. The third-order valence-corrected chi connectivity index (χ3v) is 4.96. The highest BCUT2D eigenvalue weighted by molar-refractivity contribution is 5.85. The molecule has 136 valence electrons. The van der Waals surface area contributed by atoms with E-state index in [9.17, 15) is 14.7 Å². The van der Waals surface area contributed by atoms with Crippen molar-refractivity contribution in [2.24, 2.45) is 0 Å². The number of amides is 1. The van der Waals surface area contributed by atoms with Gasteiger partial charge in [0.15, 0.2) is 5.79 Å². The van der Waals surface area contributed by atoms with Gasteiger partial charge in [-0.2, -0.15) is 0 Å². The van der Waals surface area contributed by atoms with Gasteiger partial charge < -0.3 is 19.3 Å². The van der Waals surface area contributed by atoms with E-state index < -0.39 is 23.4 Å². The summed E-state index contributed by atoms with van der Waals surface area (Å²) in [6, 6.07) is 9.23. The molecule has 1 aromatic rings. The highest BCUT2D eigenvalue weighted by Gasteiger charge is 2.62. The van der Waals surface area contributed by atoms with Gasteiger partial charge in [-0.15, -0.1) is 0 Å². The summed E-state index contributed by atoms with van der Waals surface area (Å²) in [6.07, 6.45) is -0.966. The van der Waals surface area contributed by atoms with E-state index >= 15 is 0 Å². The van der Waals surface area contributed by atoms with E-state index in [0.717, 1.165) is 5.56 Å². The van der Waals surface area contributed by atoms with Crippen molar-refractivity contribution in [3.63, 3.8) is 0 Å². The molecule has 1 amide bonds. The van der Waals surface area contributed by atoms with Crippen LogP contribution in [-0.4, -0.2) is 52.1 Å². The van der Waals surface area contributed by atoms with E-state index in [1.165, 1.54) is 11.8 Å². The molecule has 3 atom stereocenters. The lowest BCUT2D eigenvalue weighted by atomic mass is 9.97. The SMILES string of the molecule is C[C@@H]1OC2(CN(C(=O)OCc3ccccc3)[C@](C)(C(=O)O)C2)O[C@H]1C. The van der Waals surface area contributed by atoms with Crippen LogP contribution in [0.25, 0.3) is 0 Å². The molecule has 1 spiro atoms. The zero-order valence-corrected chi connectivity index (χ0v) is 14.6. The Kier molecular flexibility index (Phi) is 4.47. The van der Waals surface area contributed by atoms with E-state index in [1.807, 2.05) is 44.2 Å². The maximum absolute atomic E-state index is 12.6. The lowest BCUT2D eigenvalue weighted by Crippen LogP contribution is -2.50. The fraction of sp³-hybridized carbons (Fsp3) is 0.556. The van der Waals surface area contributed by atoms with Crippen LogP contribution in [0.2, 0.25) is 0 Å². The molecule has 7 heteroatoms. The Morgan fingerprint density at radius 3 is 2.40 bits per heavy atom. The molecule has 2 aliphatic rings. The van der Waals surface area contributed by atoms with Gasteiger partial charge in [0.05, 0.1) is 18.8 Å². The molecular formula is C18H23NO6. The first-order valence-corrected chi connectivity index (χ1v) is 8.33. The van der Waals surface area contributed by atoms with Crippen LogP contribution in [0.4, 0.5) is 4.79 Å². The van der Waals surface area contributed by atoms with Crippen molar-refractivity contribution in [3.05, 3.63) is 35.9 Å². The van der Waals surface area contributed by atoms with Crippen molar-refractivity contribution in [2.75, 3.05) is 6.54 Å². The van der Waals surface area contributed by atoms with Crippen molar-refractivity contribution in [1.29, 1.82) is 0 Å². The number of nitrogens with zero attached hydrogens (tertiary/aromatic N) is 1. The third kappa shape index (κ3) is 3.21. The smallest absolute Gasteiger partial charge is 0.411 e. The highest BCUT2D eigenvalue weighted by atomic mass is 16.8. The normalized spacial score (nSPS) is 30.6. The van der Waals surface area contributed by atoms with E-state index in [0.29, 0.717) is 0 Å². The predicted octanol–water partition coefficient (Wildman–Crippen LogP) is 2.39. The van der Waals surface area contributed by atoms with E-state index in [1.54, 1.807) is 0 Å². The molecule has 1 N–H and O–H groups in total. The van der Waals surface area contributed by atoms with Crippen molar-refractivity contribution in [2.45, 2.75) is 57.3 Å². The lowest BCUT2D eigenvalue weighted by Gasteiger charge is -2.29. The summed E-state index contributed by atoms with van der Waals surface area (Å²) in [4.78, 5) is 25.6. The molecule has 0 saturated carbocycles. The Balaban J connectivity index is 1.76. The summed E-state index contributed by atoms with van der Waals surface area (Å²) in [5, 5.41) is 9.69. The molecule has 0 aromatic heterocycles. The fourth-order valence-electron chi connectivity index (χ4n) is 3.40. The number of carbonyl (C=O) groups is 2. The molecule has 0 unspecified atom stereocenters.